The van der Waals surface area contributed by atoms with Crippen LogP contribution in [-0.2, 0) is 0 Å². The predicted molar refractivity (Wildman–Crippen MR) is 62.7 cm³/mol. The molecule has 84 valence electrons. The number of methoxy groups -OCH3 is 2. The summed E-state index contributed by atoms with van der Waals surface area (Å²) in [7, 11) is 3.19. The fourth-order valence-corrected chi connectivity index (χ4v) is 2.26. The molecule has 1 unspecified atom stereocenters. The summed E-state index contributed by atoms with van der Waals surface area (Å²) in [4.78, 5) is 0. The van der Waals surface area contributed by atoms with Crippen LogP contribution in [-0.4, -0.2) is 25.9 Å². The van der Waals surface area contributed by atoms with E-state index in [2.05, 4.69) is 15.9 Å². The molecule has 0 saturated carbocycles. The molecule has 1 atom stereocenters. The standard InChI is InChI=1S/C11H15BrO3/c1-7(6-13)8-4-5-9(14-2)11(15-3)10(8)12/h4-5,7,13H,6H2,1-3H3. The SMILES string of the molecule is COc1ccc(C(C)CO)c(Br)c1OC. The highest BCUT2D eigenvalue weighted by molar-refractivity contribution is 9.10. The van der Waals surface area contributed by atoms with E-state index in [9.17, 15) is 0 Å². The molecule has 3 nitrogen and oxygen atoms in total. The van der Waals surface area contributed by atoms with Crippen LogP contribution >= 0.6 is 15.9 Å². The molecule has 1 rings (SSSR count). The number of ether oxygens (including phenoxy) is 2. The Balaban J connectivity index is 3.22. The molecule has 1 aromatic carbocycles. The van der Waals surface area contributed by atoms with E-state index in [4.69, 9.17) is 14.6 Å². The minimum atomic E-state index is 0.0687. The first-order chi connectivity index (χ1) is 7.15. The average molecular weight is 275 g/mol. The van der Waals surface area contributed by atoms with Crippen molar-refractivity contribution >= 4 is 15.9 Å². The highest BCUT2D eigenvalue weighted by Crippen LogP contribution is 2.39. The first-order valence-electron chi connectivity index (χ1n) is 4.66. The molecule has 4 heteroatoms. The van der Waals surface area contributed by atoms with Crippen molar-refractivity contribution in [3.8, 4) is 11.5 Å². The molecule has 15 heavy (non-hydrogen) atoms. The topological polar surface area (TPSA) is 38.7 Å². The zero-order chi connectivity index (χ0) is 11.4. The summed E-state index contributed by atoms with van der Waals surface area (Å²) in [6.45, 7) is 2.06. The van der Waals surface area contributed by atoms with Gasteiger partial charge in [-0.15, -0.1) is 0 Å². The van der Waals surface area contributed by atoms with Crippen molar-refractivity contribution in [2.75, 3.05) is 20.8 Å². The normalized spacial score (nSPS) is 12.3. The van der Waals surface area contributed by atoms with Crippen LogP contribution in [0.4, 0.5) is 0 Å². The molecule has 0 fully saturated rings. The summed E-state index contributed by atoms with van der Waals surface area (Å²) >= 11 is 3.46. The fraction of sp³-hybridized carbons (Fsp3) is 0.455. The van der Waals surface area contributed by atoms with E-state index < -0.39 is 0 Å². The maximum Gasteiger partial charge on any atom is 0.175 e. The molecular weight excluding hydrogens is 260 g/mol. The first kappa shape index (κ1) is 12.3. The molecular formula is C11H15BrO3. The molecule has 0 amide bonds. The number of aliphatic hydroxyl groups is 1. The van der Waals surface area contributed by atoms with Crippen LogP contribution in [0, 0.1) is 0 Å². The van der Waals surface area contributed by atoms with Gasteiger partial charge in [0.05, 0.1) is 18.7 Å². The van der Waals surface area contributed by atoms with Gasteiger partial charge in [0.25, 0.3) is 0 Å². The Bertz CT molecular complexity index is 339. The first-order valence-corrected chi connectivity index (χ1v) is 5.46. The van der Waals surface area contributed by atoms with Crippen molar-refractivity contribution in [2.24, 2.45) is 0 Å². The van der Waals surface area contributed by atoms with Crippen LogP contribution in [0.15, 0.2) is 16.6 Å². The van der Waals surface area contributed by atoms with Gasteiger partial charge in [-0.05, 0) is 27.6 Å². The maximum atomic E-state index is 9.11. The summed E-state index contributed by atoms with van der Waals surface area (Å²) < 4.78 is 11.3. The van der Waals surface area contributed by atoms with Crippen LogP contribution in [0.2, 0.25) is 0 Å². The van der Waals surface area contributed by atoms with Gasteiger partial charge in [-0.1, -0.05) is 13.0 Å². The van der Waals surface area contributed by atoms with E-state index in [0.29, 0.717) is 11.5 Å². The van der Waals surface area contributed by atoms with Gasteiger partial charge >= 0.3 is 0 Å². The second-order valence-corrected chi connectivity index (χ2v) is 4.08. The smallest absolute Gasteiger partial charge is 0.175 e. The lowest BCUT2D eigenvalue weighted by Gasteiger charge is -2.16. The monoisotopic (exact) mass is 274 g/mol. The highest BCUT2D eigenvalue weighted by Gasteiger charge is 2.16. The second kappa shape index (κ2) is 5.37. The quantitative estimate of drug-likeness (QED) is 0.917. The van der Waals surface area contributed by atoms with E-state index >= 15 is 0 Å². The molecule has 0 spiro atoms. The van der Waals surface area contributed by atoms with Gasteiger partial charge in [0.1, 0.15) is 0 Å². The van der Waals surface area contributed by atoms with Crippen LogP contribution in [0.3, 0.4) is 0 Å². The Kier molecular flexibility index (Phi) is 4.42. The summed E-state index contributed by atoms with van der Waals surface area (Å²) in [5.41, 5.74) is 1.01. The van der Waals surface area contributed by atoms with Gasteiger partial charge in [-0.25, -0.2) is 0 Å². The molecule has 0 aromatic heterocycles. The summed E-state index contributed by atoms with van der Waals surface area (Å²) in [5.74, 6) is 1.41. The Morgan fingerprint density at radius 2 is 2.00 bits per heavy atom. The summed E-state index contributed by atoms with van der Waals surface area (Å²) in [6, 6.07) is 3.76. The number of halogens is 1. The maximum absolute atomic E-state index is 9.11. The minimum absolute atomic E-state index is 0.0687. The lowest BCUT2D eigenvalue weighted by molar-refractivity contribution is 0.272. The van der Waals surface area contributed by atoms with Gasteiger partial charge in [-0.3, -0.25) is 0 Å². The molecule has 0 saturated heterocycles. The lowest BCUT2D eigenvalue weighted by atomic mass is 10.0. The molecule has 1 aromatic rings. The molecule has 0 heterocycles. The molecule has 0 aliphatic heterocycles. The molecule has 0 bridgehead atoms. The van der Waals surface area contributed by atoms with Gasteiger partial charge in [0, 0.05) is 12.5 Å². The van der Waals surface area contributed by atoms with Crippen molar-refractivity contribution in [1.29, 1.82) is 0 Å². The molecule has 0 radical (unpaired) electrons. The van der Waals surface area contributed by atoms with Crippen LogP contribution in [0.25, 0.3) is 0 Å². The third-order valence-electron chi connectivity index (χ3n) is 2.32. The number of benzene rings is 1. The van der Waals surface area contributed by atoms with Crippen molar-refractivity contribution in [2.45, 2.75) is 12.8 Å². The van der Waals surface area contributed by atoms with Crippen molar-refractivity contribution in [3.63, 3.8) is 0 Å². The van der Waals surface area contributed by atoms with E-state index in [1.807, 2.05) is 19.1 Å². The van der Waals surface area contributed by atoms with E-state index in [-0.39, 0.29) is 12.5 Å². The summed E-state index contributed by atoms with van der Waals surface area (Å²) in [6.07, 6.45) is 0. The molecule has 1 N–H and O–H groups in total. The van der Waals surface area contributed by atoms with Gasteiger partial charge in [0.15, 0.2) is 11.5 Å². The number of aliphatic hydroxyl groups excluding tert-OH is 1. The summed E-state index contributed by atoms with van der Waals surface area (Å²) in [5, 5.41) is 9.11. The number of hydrogen-bond acceptors (Lipinski definition) is 3. The zero-order valence-electron chi connectivity index (χ0n) is 9.08. The van der Waals surface area contributed by atoms with Gasteiger partial charge < -0.3 is 14.6 Å². The van der Waals surface area contributed by atoms with E-state index in [1.54, 1.807) is 14.2 Å². The van der Waals surface area contributed by atoms with Crippen molar-refractivity contribution in [1.82, 2.24) is 0 Å². The van der Waals surface area contributed by atoms with E-state index in [0.717, 1.165) is 10.0 Å². The Labute approximate surface area is 98.1 Å². The van der Waals surface area contributed by atoms with Crippen LogP contribution < -0.4 is 9.47 Å². The third kappa shape index (κ3) is 2.44. The fourth-order valence-electron chi connectivity index (χ4n) is 1.38. The Morgan fingerprint density at radius 1 is 1.33 bits per heavy atom. The van der Waals surface area contributed by atoms with Crippen molar-refractivity contribution < 1.29 is 14.6 Å². The highest BCUT2D eigenvalue weighted by atomic mass is 79.9. The number of hydrogen-bond donors (Lipinski definition) is 1. The predicted octanol–water partition coefficient (Wildman–Crippen LogP) is 2.56. The van der Waals surface area contributed by atoms with Gasteiger partial charge in [0.2, 0.25) is 0 Å². The molecule has 0 aliphatic carbocycles. The van der Waals surface area contributed by atoms with Crippen molar-refractivity contribution in [3.05, 3.63) is 22.2 Å². The van der Waals surface area contributed by atoms with Crippen LogP contribution in [0.5, 0.6) is 11.5 Å². The average Bonchev–Trinajstić information content (AvgIpc) is 2.27. The Hall–Kier alpha value is -0.740. The number of rotatable bonds is 4. The largest absolute Gasteiger partial charge is 0.493 e. The minimum Gasteiger partial charge on any atom is -0.493 e. The second-order valence-electron chi connectivity index (χ2n) is 3.29. The molecule has 0 aliphatic rings. The third-order valence-corrected chi connectivity index (χ3v) is 3.14. The Morgan fingerprint density at radius 3 is 2.47 bits per heavy atom. The lowest BCUT2D eigenvalue weighted by Crippen LogP contribution is -2.02. The zero-order valence-corrected chi connectivity index (χ0v) is 10.7. The van der Waals surface area contributed by atoms with E-state index in [1.165, 1.54) is 0 Å². The van der Waals surface area contributed by atoms with Gasteiger partial charge in [-0.2, -0.15) is 0 Å². The van der Waals surface area contributed by atoms with Crippen LogP contribution in [0.1, 0.15) is 18.4 Å².